The van der Waals surface area contributed by atoms with Gasteiger partial charge in [0.05, 0.1) is 71.8 Å². The summed E-state index contributed by atoms with van der Waals surface area (Å²) in [5, 5.41) is 57.7. The lowest BCUT2D eigenvalue weighted by molar-refractivity contribution is 0.0622. The fourth-order valence-electron chi connectivity index (χ4n) is 10.8. The Balaban J connectivity index is 0.000000278. The van der Waals surface area contributed by atoms with E-state index in [1.165, 1.54) is 0 Å². The van der Waals surface area contributed by atoms with Crippen LogP contribution in [-0.4, -0.2) is 228 Å². The van der Waals surface area contributed by atoms with Crippen LogP contribution in [0, 0.1) is 0 Å². The molecule has 0 bridgehead atoms. The van der Waals surface area contributed by atoms with E-state index in [0.29, 0.717) is 138 Å². The average Bonchev–Trinajstić information content (AvgIpc) is 0.637. The first-order valence-corrected chi connectivity index (χ1v) is 47.6. The number of benzene rings is 8. The van der Waals surface area contributed by atoms with Gasteiger partial charge >= 0.3 is 0 Å². The number of aliphatic hydroxyl groups is 5. The van der Waals surface area contributed by atoms with Crippen molar-refractivity contribution in [3.63, 3.8) is 0 Å². The highest BCUT2D eigenvalue weighted by molar-refractivity contribution is 7.92. The van der Waals surface area contributed by atoms with Gasteiger partial charge in [-0.1, -0.05) is 137 Å². The molecule has 0 radical (unpaired) electrons. The predicted molar refractivity (Wildman–Crippen MR) is 476 cm³/mol. The molecule has 37 heteroatoms. The maximum absolute atomic E-state index is 11.3. The van der Waals surface area contributed by atoms with Crippen LogP contribution >= 0.6 is 92.8 Å². The lowest BCUT2D eigenvalue weighted by Gasteiger charge is -2.25. The Morgan fingerprint density at radius 1 is 0.342 bits per heavy atom. The molecule has 0 amide bonds. The number of ether oxygens (including phenoxy) is 4. The summed E-state index contributed by atoms with van der Waals surface area (Å²) in [6.07, 6.45) is 6.79. The van der Waals surface area contributed by atoms with Gasteiger partial charge in [0.2, 0.25) is 40.1 Å². The molecule has 0 aliphatic rings. The Morgan fingerprint density at radius 2 is 0.607 bits per heavy atom. The minimum atomic E-state index is -3.34. The maximum atomic E-state index is 11.3. The highest BCUT2D eigenvalue weighted by Gasteiger charge is 2.18. The molecule has 0 heterocycles. The lowest BCUT2D eigenvalue weighted by Crippen LogP contribution is -2.38. The van der Waals surface area contributed by atoms with Crippen LogP contribution in [0.5, 0.6) is 23.0 Å². The van der Waals surface area contributed by atoms with Gasteiger partial charge in [0.15, 0.2) is 0 Å². The zero-order valence-electron chi connectivity index (χ0n) is 65.7. The Hall–Kier alpha value is -6.08. The van der Waals surface area contributed by atoms with E-state index in [2.05, 4.69) is 40.9 Å². The first-order valence-electron chi connectivity index (χ1n) is 37.0. The van der Waals surface area contributed by atoms with Gasteiger partial charge in [-0.05, 0) is 220 Å². The summed E-state index contributed by atoms with van der Waals surface area (Å²) >= 11 is 47.9. The quantitative estimate of drug-likeness (QED) is 0.0158. The fourth-order valence-corrected chi connectivity index (χ4v) is 14.4. The molecule has 25 nitrogen and oxygen atoms in total. The molecule has 8 aromatic rings. The zero-order chi connectivity index (χ0) is 86.3. The maximum Gasteiger partial charge on any atom is 0.229 e. The second kappa shape index (κ2) is 52.3. The minimum absolute atomic E-state index is 0.0241. The number of likely N-dealkylation sites (N-methyl/N-ethyl adjacent to an activating group) is 1. The molecule has 0 fully saturated rings. The molecular formula is C80H104Cl8N8O17S4. The van der Waals surface area contributed by atoms with Crippen LogP contribution in [0.3, 0.4) is 0 Å². The molecule has 0 aliphatic carbocycles. The molecule has 10 N–H and O–H groups in total. The molecule has 0 saturated carbocycles. The lowest BCUT2D eigenvalue weighted by atomic mass is 10.1. The van der Waals surface area contributed by atoms with E-state index in [4.69, 9.17) is 112 Å². The number of nitrogens with zero attached hydrogens (tertiary/aromatic N) is 3. The van der Waals surface area contributed by atoms with Crippen molar-refractivity contribution in [1.29, 1.82) is 0 Å². The molecule has 646 valence electrons. The number of hydrogen-bond donors (Lipinski definition) is 10. The summed E-state index contributed by atoms with van der Waals surface area (Å²) < 4.78 is 122. The second-order valence-corrected chi connectivity index (χ2v) is 37.5. The summed E-state index contributed by atoms with van der Waals surface area (Å²) in [4.78, 5) is 6.30. The van der Waals surface area contributed by atoms with Crippen molar-refractivity contribution in [3.05, 3.63) is 232 Å². The Bertz CT molecular complexity index is 4760. The van der Waals surface area contributed by atoms with Crippen molar-refractivity contribution in [2.45, 2.75) is 76.8 Å². The van der Waals surface area contributed by atoms with Crippen molar-refractivity contribution in [2.24, 2.45) is 0 Å². The number of halogens is 8. The van der Waals surface area contributed by atoms with Gasteiger partial charge in [-0.15, -0.1) is 0 Å². The zero-order valence-corrected chi connectivity index (χ0v) is 75.0. The molecule has 0 saturated heterocycles. The Kier molecular flexibility index (Phi) is 45.4. The summed E-state index contributed by atoms with van der Waals surface area (Å²) in [6, 6.07) is 48.2. The van der Waals surface area contributed by atoms with Crippen molar-refractivity contribution < 1.29 is 78.2 Å². The van der Waals surface area contributed by atoms with Gasteiger partial charge in [-0.3, -0.25) is 23.8 Å². The third-order valence-corrected chi connectivity index (χ3v) is 21.9. The number of rotatable bonds is 46. The molecule has 8 aromatic carbocycles. The third-order valence-electron chi connectivity index (χ3n) is 16.6. The topological polar surface area (TPSA) is 344 Å². The number of unbranched alkanes of at least 4 members (excludes halogenated alkanes) is 1. The van der Waals surface area contributed by atoms with Crippen LogP contribution in [0.1, 0.15) is 48.9 Å². The van der Waals surface area contributed by atoms with E-state index in [9.17, 15) is 59.2 Å². The van der Waals surface area contributed by atoms with Gasteiger partial charge in [0.25, 0.3) is 0 Å². The normalized spacial score (nSPS) is 12.7. The first kappa shape index (κ1) is 101. The van der Waals surface area contributed by atoms with E-state index < -0.39 is 64.5 Å². The second-order valence-electron chi connectivity index (χ2n) is 27.2. The Morgan fingerprint density at radius 3 is 0.872 bits per heavy atom. The number of sulfonamides is 4. The summed E-state index contributed by atoms with van der Waals surface area (Å²) in [5.74, 6) is 2.18. The first-order chi connectivity index (χ1) is 55.2. The van der Waals surface area contributed by atoms with Crippen LogP contribution < -0.4 is 43.2 Å². The fraction of sp³-hybridized carbons (Fsp3) is 0.400. The van der Waals surface area contributed by atoms with Crippen LogP contribution in [0.4, 0.5) is 22.7 Å². The number of aliphatic hydroxyl groups excluding tert-OH is 5. The van der Waals surface area contributed by atoms with Gasteiger partial charge < -0.3 is 59.6 Å². The minimum Gasteiger partial charge on any atom is -0.491 e. The molecule has 0 spiro atoms. The smallest absolute Gasteiger partial charge is 0.229 e. The van der Waals surface area contributed by atoms with Crippen molar-refractivity contribution >= 4 is 156 Å². The highest BCUT2D eigenvalue weighted by atomic mass is 35.5. The Labute approximate surface area is 728 Å². The molecule has 8 rings (SSSR count). The summed E-state index contributed by atoms with van der Waals surface area (Å²) in [5.41, 5.74) is 6.07. The van der Waals surface area contributed by atoms with E-state index in [-0.39, 0.29) is 33.0 Å². The van der Waals surface area contributed by atoms with Crippen LogP contribution in [0.25, 0.3) is 0 Å². The largest absolute Gasteiger partial charge is 0.491 e. The summed E-state index contributed by atoms with van der Waals surface area (Å²) in [7, 11) is -13.3. The molecule has 0 aliphatic heterocycles. The van der Waals surface area contributed by atoms with E-state index in [1.54, 1.807) is 121 Å². The summed E-state index contributed by atoms with van der Waals surface area (Å²) in [6.45, 7) is 11.3. The van der Waals surface area contributed by atoms with Gasteiger partial charge in [0.1, 0.15) is 73.8 Å². The number of nitrogens with one attached hydrogen (secondary N) is 5. The number of hydrogen-bond acceptors (Lipinski definition) is 21. The van der Waals surface area contributed by atoms with Gasteiger partial charge in [0, 0.05) is 75.1 Å². The molecule has 0 unspecified atom stereocenters. The van der Waals surface area contributed by atoms with E-state index >= 15 is 0 Å². The molecular weight excluding hydrogens is 1760 g/mol. The standard InChI is InChI=1S/C22H30Cl2N2O4S.C20H26Cl2N2O5S.C20H26Cl2N2O4S.C18H22Cl2N2O4S/c1-3-4-12-26(13-11-17-5-10-21(23)22(24)14-17)15-19(27)16-30-20-8-6-18(7-9-20)25-31(2,28)29;1-30(27,28)23-16-3-5-18(6-4-16)29-14-17(26)13-24(10-11-25)9-8-15-2-7-19(21)20(22)12-15;1-3-24(11-10-15-4-9-19(21)20(22)12-15)13-17(25)14-28-18-7-5-16(6-8-18)23-29(2,26)27;1-27(24,25)22-14-3-5-16(6-4-14)26-12-15(23)11-21-9-8-13-2-7-17(19)18(20)10-13/h5-10,14,19,25,27H,3-4,11-13,15-16H2,1-2H3;2-7,12,17,23,25-26H,8-11,13-14H2,1H3;4-9,12,17,23,25H,3,10-11,13-14H2,1-2H3;2-7,10,15,21-23H,8-9,11-12H2,1H3/t19-;2*17-;15-/m0000/s1. The van der Waals surface area contributed by atoms with Crippen LogP contribution in [-0.2, 0) is 65.8 Å². The van der Waals surface area contributed by atoms with Crippen LogP contribution in [0.15, 0.2) is 170 Å². The third kappa shape index (κ3) is 44.9. The molecule has 0 aromatic heterocycles. The van der Waals surface area contributed by atoms with Crippen molar-refractivity contribution in [1.82, 2.24) is 20.0 Å². The predicted octanol–water partition coefficient (Wildman–Crippen LogP) is 13.7. The van der Waals surface area contributed by atoms with Crippen molar-refractivity contribution in [3.8, 4) is 23.0 Å². The monoisotopic (exact) mass is 1860 g/mol. The van der Waals surface area contributed by atoms with E-state index in [1.807, 2.05) is 60.4 Å². The highest BCUT2D eigenvalue weighted by Crippen LogP contribution is 2.28. The van der Waals surface area contributed by atoms with Gasteiger partial charge in [-0.2, -0.15) is 0 Å². The molecule has 4 atom stereocenters. The van der Waals surface area contributed by atoms with Gasteiger partial charge in [-0.25, -0.2) is 33.7 Å². The van der Waals surface area contributed by atoms with Crippen molar-refractivity contribution in [2.75, 3.05) is 149 Å². The average molecular weight is 1860 g/mol. The SMILES string of the molecule is CCCCN(CCc1ccc(Cl)c(Cl)c1)C[C@H](O)COc1ccc(NS(C)(=O)=O)cc1.CCN(CCc1ccc(Cl)c(Cl)c1)C[C@H](O)COc1ccc(NS(C)(=O)=O)cc1.CS(=O)(=O)Nc1ccc(OC[C@@H](O)CN(CCO)CCc2ccc(Cl)c(Cl)c2)cc1.CS(=O)(=O)Nc1ccc(OC[C@@H](O)CNCCc2ccc(Cl)c(Cl)c2)cc1. The number of anilines is 4. The molecule has 117 heavy (non-hydrogen) atoms. The van der Waals surface area contributed by atoms with E-state index in [0.717, 1.165) is 106 Å². The van der Waals surface area contributed by atoms with Crippen LogP contribution in [0.2, 0.25) is 40.2 Å².